The molecule has 2 heteroatoms. The van der Waals surface area contributed by atoms with Gasteiger partial charge in [0.25, 0.3) is 0 Å². The normalized spacial score (nSPS) is 15.2. The first kappa shape index (κ1) is 43.8. The van der Waals surface area contributed by atoms with Gasteiger partial charge in [0.1, 0.15) is 0 Å². The topological polar surface area (TPSA) is 8.17 Å². The van der Waals surface area contributed by atoms with E-state index in [9.17, 15) is 0 Å². The Morgan fingerprint density at radius 1 is 0.275 bits per heavy atom. The van der Waals surface area contributed by atoms with Gasteiger partial charge in [-0.05, 0) is 148 Å². The fourth-order valence-corrected chi connectivity index (χ4v) is 15.5. The summed E-state index contributed by atoms with van der Waals surface area (Å²) in [5, 5.41) is 5.09. The summed E-state index contributed by atoms with van der Waals surface area (Å²) in [7, 11) is 0. The molecule has 1 atom stereocenters. The standard InChI is InChI=1S/C78H48N2/c1-2-18-49(19-3-1)50-36-38-51(39-37-50)52-40-43-54(44-41-52)79(55-45-46-62-70(48-55)77(68-47-42-53-20-4-5-21-56(53)74(62)68)63-27-10-6-22-57(63)58-23-7-11-28-64(58)77)73-35-17-31-67-75(73)61-25-8-12-29-65(61)78(67)66-30-13-15-34-72(66)80-71-33-14-9-24-59(71)60-26-16-32-69(78)76(60)80/h1-48H. The molecule has 14 aromatic rings. The first-order valence-corrected chi connectivity index (χ1v) is 28.0. The van der Waals surface area contributed by atoms with Crippen LogP contribution in [0.3, 0.4) is 0 Å². The summed E-state index contributed by atoms with van der Waals surface area (Å²) in [5.41, 5.74) is 29.0. The molecule has 2 spiro atoms. The Morgan fingerprint density at radius 2 is 0.775 bits per heavy atom. The van der Waals surface area contributed by atoms with Crippen LogP contribution in [0.25, 0.3) is 93.9 Å². The van der Waals surface area contributed by atoms with Crippen LogP contribution in [0.5, 0.6) is 0 Å². The van der Waals surface area contributed by atoms with E-state index >= 15 is 0 Å². The van der Waals surface area contributed by atoms with E-state index < -0.39 is 10.8 Å². The van der Waals surface area contributed by atoms with Crippen LogP contribution in [0.1, 0.15) is 44.5 Å². The molecule has 0 radical (unpaired) electrons. The average Bonchev–Trinajstić information content (AvgIpc) is 3.74. The molecule has 3 aliphatic carbocycles. The minimum Gasteiger partial charge on any atom is -0.310 e. The van der Waals surface area contributed by atoms with Crippen molar-refractivity contribution in [2.75, 3.05) is 4.90 Å². The number of benzene rings is 13. The number of hydrogen-bond acceptors (Lipinski definition) is 1. The van der Waals surface area contributed by atoms with Gasteiger partial charge in [0, 0.05) is 27.7 Å². The molecule has 370 valence electrons. The lowest BCUT2D eigenvalue weighted by Crippen LogP contribution is -2.33. The Hall–Kier alpha value is -10.3. The number of anilines is 3. The smallest absolute Gasteiger partial charge is 0.0755 e. The lowest BCUT2D eigenvalue weighted by atomic mass is 9.65. The van der Waals surface area contributed by atoms with Crippen LogP contribution >= 0.6 is 0 Å². The summed E-state index contributed by atoms with van der Waals surface area (Å²) in [5.74, 6) is 0. The van der Waals surface area contributed by atoms with Crippen LogP contribution in [0.4, 0.5) is 17.1 Å². The molecule has 0 N–H and O–H groups in total. The van der Waals surface area contributed by atoms with Gasteiger partial charge < -0.3 is 9.47 Å². The number of nitrogens with zero attached hydrogens (tertiary/aromatic N) is 2. The third-order valence-electron chi connectivity index (χ3n) is 18.6. The number of aromatic nitrogens is 1. The SMILES string of the molecule is c1ccc(-c2ccc(-c3ccc(N(c4ccc5c(c4)C4(c6ccccc6-c6ccccc64)c4ccc6ccccc6c4-5)c4cccc5c4-c4ccccc4C54c5ccccc5-n5c6ccccc6c6cccc4c65)cc3)cc2)cc1. The van der Waals surface area contributed by atoms with Gasteiger partial charge in [-0.3, -0.25) is 0 Å². The van der Waals surface area contributed by atoms with E-state index in [0.29, 0.717) is 0 Å². The van der Waals surface area contributed by atoms with E-state index in [-0.39, 0.29) is 0 Å². The zero-order chi connectivity index (χ0) is 52.3. The predicted molar refractivity (Wildman–Crippen MR) is 331 cm³/mol. The summed E-state index contributed by atoms with van der Waals surface area (Å²) in [4.78, 5) is 2.57. The minimum atomic E-state index is -0.605. The molecular weight excluding hydrogens is 965 g/mol. The van der Waals surface area contributed by atoms with E-state index in [4.69, 9.17) is 0 Å². The molecule has 0 saturated carbocycles. The Balaban J connectivity index is 0.911. The van der Waals surface area contributed by atoms with Crippen molar-refractivity contribution in [2.45, 2.75) is 10.8 Å². The Bertz CT molecular complexity index is 4900. The highest BCUT2D eigenvalue weighted by Gasteiger charge is 2.54. The zero-order valence-corrected chi connectivity index (χ0v) is 43.6. The third kappa shape index (κ3) is 5.52. The van der Waals surface area contributed by atoms with E-state index in [1.807, 2.05) is 0 Å². The molecule has 0 amide bonds. The number of hydrogen-bond donors (Lipinski definition) is 0. The van der Waals surface area contributed by atoms with Crippen molar-refractivity contribution in [1.82, 2.24) is 4.57 Å². The molecule has 80 heavy (non-hydrogen) atoms. The largest absolute Gasteiger partial charge is 0.310 e. The molecule has 2 nitrogen and oxygen atoms in total. The molecule has 4 aliphatic rings. The van der Waals surface area contributed by atoms with Crippen LogP contribution in [0.2, 0.25) is 0 Å². The van der Waals surface area contributed by atoms with Crippen molar-refractivity contribution in [3.8, 4) is 61.3 Å². The maximum Gasteiger partial charge on any atom is 0.0755 e. The number of para-hydroxylation sites is 3. The second-order valence-electron chi connectivity index (χ2n) is 22.2. The molecule has 0 saturated heterocycles. The van der Waals surface area contributed by atoms with E-state index in [2.05, 4.69) is 301 Å². The van der Waals surface area contributed by atoms with Crippen molar-refractivity contribution in [1.29, 1.82) is 0 Å². The lowest BCUT2D eigenvalue weighted by molar-refractivity contribution is 0.748. The van der Waals surface area contributed by atoms with Crippen LogP contribution in [0, 0.1) is 0 Å². The molecule has 1 aliphatic heterocycles. The first-order valence-electron chi connectivity index (χ1n) is 28.0. The van der Waals surface area contributed by atoms with Crippen LogP contribution in [-0.4, -0.2) is 4.57 Å². The highest BCUT2D eigenvalue weighted by molar-refractivity contribution is 6.14. The van der Waals surface area contributed by atoms with Gasteiger partial charge >= 0.3 is 0 Å². The highest BCUT2D eigenvalue weighted by Crippen LogP contribution is 2.66. The fraction of sp³-hybridized carbons (Fsp3) is 0.0256. The van der Waals surface area contributed by atoms with Crippen molar-refractivity contribution in [3.05, 3.63) is 336 Å². The molecule has 0 fully saturated rings. The summed E-state index contributed by atoms with van der Waals surface area (Å²) in [6.45, 7) is 0. The Labute approximate surface area is 464 Å². The average molecular weight is 1010 g/mol. The molecule has 18 rings (SSSR count). The molecule has 13 aromatic carbocycles. The van der Waals surface area contributed by atoms with Gasteiger partial charge in [0.05, 0.1) is 33.2 Å². The lowest BCUT2D eigenvalue weighted by Gasteiger charge is -2.39. The molecule has 1 aromatic heterocycles. The van der Waals surface area contributed by atoms with E-state index in [1.165, 1.54) is 138 Å². The summed E-state index contributed by atoms with van der Waals surface area (Å²) >= 11 is 0. The van der Waals surface area contributed by atoms with Crippen LogP contribution in [0.15, 0.2) is 291 Å². The van der Waals surface area contributed by atoms with Gasteiger partial charge in [-0.25, -0.2) is 0 Å². The van der Waals surface area contributed by atoms with E-state index in [0.717, 1.165) is 17.1 Å². The molecule has 1 unspecified atom stereocenters. The maximum absolute atomic E-state index is 2.57. The van der Waals surface area contributed by atoms with Gasteiger partial charge in [-0.15, -0.1) is 0 Å². The summed E-state index contributed by atoms with van der Waals surface area (Å²) < 4.78 is 2.54. The van der Waals surface area contributed by atoms with Gasteiger partial charge in [0.2, 0.25) is 0 Å². The molecular formula is C78H48N2. The molecule has 0 bridgehead atoms. The highest BCUT2D eigenvalue weighted by atomic mass is 15.1. The third-order valence-corrected chi connectivity index (χ3v) is 18.6. The molecule has 2 heterocycles. The van der Waals surface area contributed by atoms with Crippen molar-refractivity contribution >= 4 is 49.6 Å². The maximum atomic E-state index is 2.57. The van der Waals surface area contributed by atoms with Crippen molar-refractivity contribution in [2.24, 2.45) is 0 Å². The predicted octanol–water partition coefficient (Wildman–Crippen LogP) is 19.8. The van der Waals surface area contributed by atoms with E-state index in [1.54, 1.807) is 0 Å². The summed E-state index contributed by atoms with van der Waals surface area (Å²) in [6, 6.07) is 110. The Morgan fingerprint density at radius 3 is 1.52 bits per heavy atom. The van der Waals surface area contributed by atoms with Gasteiger partial charge in [0.15, 0.2) is 0 Å². The second kappa shape index (κ2) is 16.1. The quantitative estimate of drug-likeness (QED) is 0.167. The zero-order valence-electron chi connectivity index (χ0n) is 43.6. The second-order valence-corrected chi connectivity index (χ2v) is 22.2. The van der Waals surface area contributed by atoms with Crippen LogP contribution < -0.4 is 4.90 Å². The monoisotopic (exact) mass is 1010 g/mol. The summed E-state index contributed by atoms with van der Waals surface area (Å²) in [6.07, 6.45) is 0. The van der Waals surface area contributed by atoms with Crippen molar-refractivity contribution in [3.63, 3.8) is 0 Å². The van der Waals surface area contributed by atoms with Crippen LogP contribution in [-0.2, 0) is 10.8 Å². The number of rotatable bonds is 5. The number of fused-ring (bicyclic) bond motifs is 24. The van der Waals surface area contributed by atoms with Gasteiger partial charge in [-0.2, -0.15) is 0 Å². The Kier molecular flexibility index (Phi) is 8.83. The first-order chi connectivity index (χ1) is 39.7. The minimum absolute atomic E-state index is 0.544. The van der Waals surface area contributed by atoms with Gasteiger partial charge in [-0.1, -0.05) is 249 Å². The fourth-order valence-electron chi connectivity index (χ4n) is 15.5. The van der Waals surface area contributed by atoms with Crippen molar-refractivity contribution < 1.29 is 0 Å².